The van der Waals surface area contributed by atoms with E-state index in [0.29, 0.717) is 24.8 Å². The highest BCUT2D eigenvalue weighted by Gasteiger charge is 2.63. The molecule has 10 heteroatoms. The third kappa shape index (κ3) is 4.82. The zero-order valence-electron chi connectivity index (χ0n) is 21.6. The first-order valence-electron chi connectivity index (χ1n) is 12.5. The van der Waals surface area contributed by atoms with Gasteiger partial charge in [0, 0.05) is 26.1 Å². The molecule has 4 fully saturated rings. The van der Waals surface area contributed by atoms with Gasteiger partial charge in [-0.25, -0.2) is 4.79 Å². The normalized spacial score (nSPS) is 28.8. The molecule has 4 saturated carbocycles. The lowest BCUT2D eigenvalue weighted by molar-refractivity contribution is -0.182. The van der Waals surface area contributed by atoms with Crippen LogP contribution in [0.5, 0.6) is 0 Å². The number of alkyl halides is 2. The molecular formula is C27H34F2N2O6. The van der Waals surface area contributed by atoms with E-state index < -0.39 is 40.2 Å². The molecule has 4 aliphatic rings. The third-order valence-corrected chi connectivity index (χ3v) is 8.38. The maximum atomic E-state index is 14.5. The monoisotopic (exact) mass is 520 g/mol. The van der Waals surface area contributed by atoms with E-state index in [2.05, 4.69) is 5.32 Å². The Morgan fingerprint density at radius 2 is 1.57 bits per heavy atom. The first kappa shape index (κ1) is 27.0. The Kier molecular flexibility index (Phi) is 7.07. The summed E-state index contributed by atoms with van der Waals surface area (Å²) in [6.45, 7) is 0. The van der Waals surface area contributed by atoms with Crippen molar-refractivity contribution in [2.75, 3.05) is 28.3 Å². The number of carbonyl (C=O) groups excluding carboxylic acids is 4. The van der Waals surface area contributed by atoms with Crippen molar-refractivity contribution in [1.82, 2.24) is 10.2 Å². The molecule has 4 aliphatic carbocycles. The molecule has 0 aromatic heterocycles. The Balaban J connectivity index is 1.52. The summed E-state index contributed by atoms with van der Waals surface area (Å²) in [5.41, 5.74) is -1.37. The minimum Gasteiger partial charge on any atom is -0.469 e. The zero-order valence-corrected chi connectivity index (χ0v) is 21.6. The number of amides is 2. The maximum absolute atomic E-state index is 14.5. The smallest absolute Gasteiger partial charge is 0.349 e. The van der Waals surface area contributed by atoms with Crippen LogP contribution in [0.1, 0.15) is 49.7 Å². The summed E-state index contributed by atoms with van der Waals surface area (Å²) >= 11 is 0. The summed E-state index contributed by atoms with van der Waals surface area (Å²) in [5.74, 6) is -5.73. The number of nitrogens with one attached hydrogen (secondary N) is 1. The largest absolute Gasteiger partial charge is 0.469 e. The van der Waals surface area contributed by atoms with E-state index in [4.69, 9.17) is 9.47 Å². The van der Waals surface area contributed by atoms with Crippen LogP contribution in [-0.2, 0) is 41.0 Å². The van der Waals surface area contributed by atoms with Crippen LogP contribution in [0.4, 0.5) is 8.78 Å². The summed E-state index contributed by atoms with van der Waals surface area (Å²) in [5, 5.41) is 2.85. The number of esters is 2. The molecular weight excluding hydrogens is 486 g/mol. The first-order chi connectivity index (χ1) is 17.4. The van der Waals surface area contributed by atoms with Crippen LogP contribution in [0.15, 0.2) is 24.3 Å². The van der Waals surface area contributed by atoms with E-state index in [1.54, 1.807) is 0 Å². The highest BCUT2D eigenvalue weighted by Crippen LogP contribution is 2.65. The molecule has 0 heterocycles. The van der Waals surface area contributed by atoms with Gasteiger partial charge >= 0.3 is 17.9 Å². The second kappa shape index (κ2) is 9.68. The summed E-state index contributed by atoms with van der Waals surface area (Å²) in [4.78, 5) is 51.7. The molecule has 1 aromatic carbocycles. The molecule has 8 nitrogen and oxygen atoms in total. The van der Waals surface area contributed by atoms with Gasteiger partial charge < -0.3 is 19.7 Å². The van der Waals surface area contributed by atoms with E-state index in [-0.39, 0.29) is 30.1 Å². The van der Waals surface area contributed by atoms with Crippen LogP contribution in [0, 0.1) is 22.7 Å². The number of ether oxygens (including phenoxy) is 2. The van der Waals surface area contributed by atoms with Crippen molar-refractivity contribution in [3.63, 3.8) is 0 Å². The zero-order chi connectivity index (χ0) is 27.2. The van der Waals surface area contributed by atoms with Gasteiger partial charge in [-0.15, -0.1) is 0 Å². The minimum absolute atomic E-state index is 0.0248. The second-order valence-corrected chi connectivity index (χ2v) is 11.2. The predicted molar refractivity (Wildman–Crippen MR) is 128 cm³/mol. The number of halogens is 2. The Labute approximate surface area is 215 Å². The summed E-state index contributed by atoms with van der Waals surface area (Å²) in [6, 6.07) is 4.07. The van der Waals surface area contributed by atoms with Crippen LogP contribution in [-0.4, -0.2) is 63.0 Å². The molecule has 37 heavy (non-hydrogen) atoms. The van der Waals surface area contributed by atoms with Crippen LogP contribution >= 0.6 is 0 Å². The average Bonchev–Trinajstić information content (AvgIpc) is 2.86. The lowest BCUT2D eigenvalue weighted by Gasteiger charge is -2.59. The van der Waals surface area contributed by atoms with Crippen LogP contribution in [0.2, 0.25) is 0 Å². The lowest BCUT2D eigenvalue weighted by Crippen LogP contribution is -2.61. The van der Waals surface area contributed by atoms with Gasteiger partial charge in [0.25, 0.3) is 5.91 Å². The van der Waals surface area contributed by atoms with Gasteiger partial charge in [-0.3, -0.25) is 14.4 Å². The van der Waals surface area contributed by atoms with Crippen LogP contribution < -0.4 is 5.32 Å². The van der Waals surface area contributed by atoms with Gasteiger partial charge in [0.05, 0.1) is 25.0 Å². The van der Waals surface area contributed by atoms with Crippen molar-refractivity contribution in [2.24, 2.45) is 22.7 Å². The SMILES string of the molecule is COC(=O)[C@H](Cc1ccc(C(F)(F)C(=O)N(C)C)cc1)NC(=O)C12CC3CC(C1)CC(C(=O)OC)(C3)C2. The number of rotatable bonds is 8. The van der Waals surface area contributed by atoms with E-state index in [1.807, 2.05) is 0 Å². The molecule has 1 N–H and O–H groups in total. The molecule has 2 amide bonds. The van der Waals surface area contributed by atoms with Crippen molar-refractivity contribution >= 4 is 23.8 Å². The molecule has 3 atom stereocenters. The number of carbonyl (C=O) groups is 4. The molecule has 1 aromatic rings. The summed E-state index contributed by atoms with van der Waals surface area (Å²) in [7, 11) is 5.10. The minimum atomic E-state index is -3.69. The van der Waals surface area contributed by atoms with Crippen LogP contribution in [0.3, 0.4) is 0 Å². The van der Waals surface area contributed by atoms with Crippen LogP contribution in [0.25, 0.3) is 0 Å². The average molecular weight is 521 g/mol. The van der Waals surface area contributed by atoms with E-state index in [1.165, 1.54) is 40.4 Å². The number of nitrogens with zero attached hydrogens (tertiary/aromatic N) is 1. The quantitative estimate of drug-likeness (QED) is 0.529. The Bertz CT molecular complexity index is 1070. The fourth-order valence-electron chi connectivity index (χ4n) is 7.12. The number of hydrogen-bond donors (Lipinski definition) is 1. The number of benzene rings is 1. The molecule has 202 valence electrons. The molecule has 2 unspecified atom stereocenters. The Morgan fingerprint density at radius 3 is 2.08 bits per heavy atom. The van der Waals surface area contributed by atoms with Crippen molar-refractivity contribution in [3.05, 3.63) is 35.4 Å². The standard InChI is InChI=1S/C27H34F2N2O6/c1-31(2)23(34)27(28,29)19-7-5-16(6-8-19)10-20(21(32)36-3)30-22(33)25-11-17-9-18(12-25)14-26(13-17,15-25)24(35)37-4/h5-8,17-18,20H,9-15H2,1-4H3,(H,30,33)/t17?,18?,20-,25?,26?/m0/s1. The number of likely N-dealkylation sites (N-methyl/N-ethyl adjacent to an activating group) is 1. The molecule has 4 bridgehead atoms. The van der Waals surface area contributed by atoms with Crippen molar-refractivity contribution in [1.29, 1.82) is 0 Å². The summed E-state index contributed by atoms with van der Waals surface area (Å²) < 4.78 is 39.0. The van der Waals surface area contributed by atoms with Gasteiger partial charge in [-0.1, -0.05) is 24.3 Å². The van der Waals surface area contributed by atoms with Gasteiger partial charge in [0.2, 0.25) is 5.91 Å². The Morgan fingerprint density at radius 1 is 1.00 bits per heavy atom. The van der Waals surface area contributed by atoms with Gasteiger partial charge in [-0.05, 0) is 55.9 Å². The van der Waals surface area contributed by atoms with Gasteiger partial charge in [0.15, 0.2) is 0 Å². The Hall–Kier alpha value is -3.04. The molecule has 5 rings (SSSR count). The first-order valence-corrected chi connectivity index (χ1v) is 12.5. The number of methoxy groups -OCH3 is 2. The maximum Gasteiger partial charge on any atom is 0.349 e. The van der Waals surface area contributed by atoms with Crippen molar-refractivity contribution in [3.8, 4) is 0 Å². The highest BCUT2D eigenvalue weighted by molar-refractivity contribution is 5.90. The molecule has 0 spiro atoms. The lowest BCUT2D eigenvalue weighted by atomic mass is 9.44. The second-order valence-electron chi connectivity index (χ2n) is 11.2. The molecule has 0 radical (unpaired) electrons. The fourth-order valence-corrected chi connectivity index (χ4v) is 7.12. The number of hydrogen-bond acceptors (Lipinski definition) is 6. The molecule has 0 saturated heterocycles. The highest BCUT2D eigenvalue weighted by atomic mass is 19.3. The van der Waals surface area contributed by atoms with Crippen molar-refractivity contribution in [2.45, 2.75) is 56.9 Å². The van der Waals surface area contributed by atoms with E-state index in [9.17, 15) is 28.0 Å². The predicted octanol–water partition coefficient (Wildman–Crippen LogP) is 2.83. The topological polar surface area (TPSA) is 102 Å². The molecule has 0 aliphatic heterocycles. The third-order valence-electron chi connectivity index (χ3n) is 8.38. The fraction of sp³-hybridized carbons (Fsp3) is 0.630. The summed E-state index contributed by atoms with van der Waals surface area (Å²) in [6.07, 6.45) is 4.16. The van der Waals surface area contributed by atoms with E-state index in [0.717, 1.165) is 36.3 Å². The van der Waals surface area contributed by atoms with Gasteiger partial charge in [-0.2, -0.15) is 8.78 Å². The van der Waals surface area contributed by atoms with E-state index >= 15 is 0 Å². The van der Waals surface area contributed by atoms with Crippen molar-refractivity contribution < 1.29 is 37.4 Å². The van der Waals surface area contributed by atoms with Gasteiger partial charge in [0.1, 0.15) is 6.04 Å².